The minimum atomic E-state index is 0.781. The van der Waals surface area contributed by atoms with Gasteiger partial charge in [-0.1, -0.05) is 19.9 Å². The summed E-state index contributed by atoms with van der Waals surface area (Å²) in [4.78, 5) is 2.38. The van der Waals surface area contributed by atoms with Crippen molar-refractivity contribution in [3.05, 3.63) is 12.7 Å². The van der Waals surface area contributed by atoms with Crippen LogP contribution in [0.1, 0.15) is 26.7 Å². The number of hydrogen-bond donors (Lipinski definition) is 0. The van der Waals surface area contributed by atoms with Crippen LogP contribution in [-0.4, -0.2) is 25.0 Å². The minimum absolute atomic E-state index is 0.781. The molecule has 0 atom stereocenters. The molecular weight excluding hydrogens is 134 g/mol. The van der Waals surface area contributed by atoms with Crippen LogP contribution in [0.4, 0.5) is 0 Å². The fraction of sp³-hybridized carbons (Fsp3) is 0.800. The second-order valence-electron chi connectivity index (χ2n) is 3.59. The summed E-state index contributed by atoms with van der Waals surface area (Å²) in [6.45, 7) is 10.6. The van der Waals surface area contributed by atoms with E-state index in [0.717, 1.165) is 12.3 Å². The van der Waals surface area contributed by atoms with Crippen molar-refractivity contribution < 1.29 is 0 Å². The first kappa shape index (κ1) is 10.7. The van der Waals surface area contributed by atoms with Gasteiger partial charge in [-0.25, -0.2) is 0 Å². The van der Waals surface area contributed by atoms with Crippen molar-refractivity contribution in [2.75, 3.05) is 20.1 Å². The van der Waals surface area contributed by atoms with Gasteiger partial charge in [-0.2, -0.15) is 0 Å². The van der Waals surface area contributed by atoms with Gasteiger partial charge in [0.1, 0.15) is 0 Å². The fourth-order valence-electron chi connectivity index (χ4n) is 1.22. The molecule has 0 saturated heterocycles. The third-order valence-electron chi connectivity index (χ3n) is 1.62. The van der Waals surface area contributed by atoms with E-state index in [1.807, 2.05) is 6.08 Å². The molecule has 0 unspecified atom stereocenters. The quantitative estimate of drug-likeness (QED) is 0.421. The van der Waals surface area contributed by atoms with Gasteiger partial charge < -0.3 is 4.90 Å². The van der Waals surface area contributed by atoms with Crippen molar-refractivity contribution in [1.29, 1.82) is 0 Å². The van der Waals surface area contributed by atoms with Crippen molar-refractivity contribution in [3.8, 4) is 0 Å². The van der Waals surface area contributed by atoms with E-state index in [1.54, 1.807) is 0 Å². The molecule has 0 aromatic carbocycles. The van der Waals surface area contributed by atoms with Crippen LogP contribution in [0, 0.1) is 5.92 Å². The van der Waals surface area contributed by atoms with Crippen LogP contribution in [0.3, 0.4) is 0 Å². The predicted octanol–water partition coefficient (Wildman–Crippen LogP) is 2.54. The lowest BCUT2D eigenvalue weighted by atomic mass is 10.2. The summed E-state index contributed by atoms with van der Waals surface area (Å²) in [5, 5.41) is 0. The number of hydrogen-bond acceptors (Lipinski definition) is 1. The van der Waals surface area contributed by atoms with Gasteiger partial charge in [-0.3, -0.25) is 0 Å². The minimum Gasteiger partial charge on any atom is -0.306 e. The van der Waals surface area contributed by atoms with Crippen LogP contribution >= 0.6 is 0 Å². The number of unbranched alkanes of at least 4 members (excludes halogenated alkanes) is 1. The molecule has 0 spiro atoms. The first-order valence-corrected chi connectivity index (χ1v) is 4.46. The lowest BCUT2D eigenvalue weighted by Crippen LogP contribution is -2.24. The summed E-state index contributed by atoms with van der Waals surface area (Å²) in [5.74, 6) is 0.781. The highest BCUT2D eigenvalue weighted by molar-refractivity contribution is 4.67. The van der Waals surface area contributed by atoms with E-state index in [4.69, 9.17) is 0 Å². The summed E-state index contributed by atoms with van der Waals surface area (Å²) >= 11 is 0. The molecule has 0 aromatic rings. The standard InChI is InChI=1S/C10H21N/c1-5-6-7-8-11(4)9-10(2)3/h5,10H,1,6-9H2,2-4H3. The van der Waals surface area contributed by atoms with Crippen LogP contribution in [0.2, 0.25) is 0 Å². The highest BCUT2D eigenvalue weighted by Gasteiger charge is 1.99. The molecule has 0 aliphatic carbocycles. The van der Waals surface area contributed by atoms with Gasteiger partial charge in [0.15, 0.2) is 0 Å². The average molecular weight is 155 g/mol. The normalized spacial score (nSPS) is 11.0. The van der Waals surface area contributed by atoms with Crippen molar-refractivity contribution >= 4 is 0 Å². The Morgan fingerprint density at radius 3 is 2.55 bits per heavy atom. The summed E-state index contributed by atoms with van der Waals surface area (Å²) in [5.41, 5.74) is 0. The molecule has 0 bridgehead atoms. The third kappa shape index (κ3) is 7.60. The molecule has 0 aliphatic heterocycles. The molecule has 0 radical (unpaired) electrons. The Bertz CT molecular complexity index is 97.0. The van der Waals surface area contributed by atoms with E-state index in [1.165, 1.54) is 19.5 Å². The Morgan fingerprint density at radius 2 is 2.09 bits per heavy atom. The zero-order valence-electron chi connectivity index (χ0n) is 8.14. The largest absolute Gasteiger partial charge is 0.306 e. The number of rotatable bonds is 6. The van der Waals surface area contributed by atoms with Crippen molar-refractivity contribution in [3.63, 3.8) is 0 Å². The van der Waals surface area contributed by atoms with Gasteiger partial charge in [0.25, 0.3) is 0 Å². The van der Waals surface area contributed by atoms with E-state index in [-0.39, 0.29) is 0 Å². The molecule has 0 heterocycles. The molecule has 0 N–H and O–H groups in total. The summed E-state index contributed by atoms with van der Waals surface area (Å²) < 4.78 is 0. The SMILES string of the molecule is C=CCCCN(C)CC(C)C. The first-order valence-electron chi connectivity index (χ1n) is 4.46. The monoisotopic (exact) mass is 155 g/mol. The average Bonchev–Trinajstić information content (AvgIpc) is 1.86. The molecule has 11 heavy (non-hydrogen) atoms. The second kappa shape index (κ2) is 6.41. The maximum absolute atomic E-state index is 3.70. The smallest absolute Gasteiger partial charge is 0.000133 e. The second-order valence-corrected chi connectivity index (χ2v) is 3.59. The fourth-order valence-corrected chi connectivity index (χ4v) is 1.22. The van der Waals surface area contributed by atoms with Crippen LogP contribution in [0.5, 0.6) is 0 Å². The lowest BCUT2D eigenvalue weighted by molar-refractivity contribution is 0.293. The lowest BCUT2D eigenvalue weighted by Gasteiger charge is -2.17. The highest BCUT2D eigenvalue weighted by Crippen LogP contribution is 1.98. The molecule has 0 amide bonds. The topological polar surface area (TPSA) is 3.24 Å². The molecule has 66 valence electrons. The van der Waals surface area contributed by atoms with Gasteiger partial charge >= 0.3 is 0 Å². The van der Waals surface area contributed by atoms with Gasteiger partial charge in [0.05, 0.1) is 0 Å². The van der Waals surface area contributed by atoms with Crippen LogP contribution < -0.4 is 0 Å². The predicted molar refractivity (Wildman–Crippen MR) is 51.8 cm³/mol. The zero-order chi connectivity index (χ0) is 8.69. The van der Waals surface area contributed by atoms with Crippen LogP contribution in [0.15, 0.2) is 12.7 Å². The molecular formula is C10H21N. The van der Waals surface area contributed by atoms with Gasteiger partial charge in [-0.05, 0) is 32.4 Å². The summed E-state index contributed by atoms with van der Waals surface area (Å²) in [6, 6.07) is 0. The maximum atomic E-state index is 3.70. The Labute approximate surface area is 71.1 Å². The van der Waals surface area contributed by atoms with E-state index in [2.05, 4.69) is 32.4 Å². The Morgan fingerprint density at radius 1 is 1.45 bits per heavy atom. The van der Waals surface area contributed by atoms with Crippen molar-refractivity contribution in [2.24, 2.45) is 5.92 Å². The van der Waals surface area contributed by atoms with Gasteiger partial charge in [-0.15, -0.1) is 6.58 Å². The highest BCUT2D eigenvalue weighted by atomic mass is 15.1. The van der Waals surface area contributed by atoms with Crippen LogP contribution in [0.25, 0.3) is 0 Å². The molecule has 0 rings (SSSR count). The van der Waals surface area contributed by atoms with Gasteiger partial charge in [0.2, 0.25) is 0 Å². The van der Waals surface area contributed by atoms with Crippen molar-refractivity contribution in [1.82, 2.24) is 4.90 Å². The molecule has 0 aliphatic rings. The molecule has 0 saturated carbocycles. The van der Waals surface area contributed by atoms with Crippen LogP contribution in [-0.2, 0) is 0 Å². The summed E-state index contributed by atoms with van der Waals surface area (Å²) in [7, 11) is 2.18. The third-order valence-corrected chi connectivity index (χ3v) is 1.62. The van der Waals surface area contributed by atoms with E-state index in [9.17, 15) is 0 Å². The van der Waals surface area contributed by atoms with E-state index < -0.39 is 0 Å². The van der Waals surface area contributed by atoms with E-state index >= 15 is 0 Å². The summed E-state index contributed by atoms with van der Waals surface area (Å²) in [6.07, 6.45) is 4.37. The van der Waals surface area contributed by atoms with Crippen molar-refractivity contribution in [2.45, 2.75) is 26.7 Å². The molecule has 0 fully saturated rings. The Hall–Kier alpha value is -0.300. The molecule has 1 nitrogen and oxygen atoms in total. The molecule has 0 aromatic heterocycles. The maximum Gasteiger partial charge on any atom is 0.000133 e. The Balaban J connectivity index is 3.21. The Kier molecular flexibility index (Phi) is 6.24. The molecule has 1 heteroatoms. The van der Waals surface area contributed by atoms with Gasteiger partial charge in [0, 0.05) is 6.54 Å². The number of nitrogens with zero attached hydrogens (tertiary/aromatic N) is 1. The van der Waals surface area contributed by atoms with E-state index in [0.29, 0.717) is 0 Å². The number of allylic oxidation sites excluding steroid dienone is 1. The zero-order valence-corrected chi connectivity index (χ0v) is 8.14. The first-order chi connectivity index (χ1) is 5.16.